The van der Waals surface area contributed by atoms with E-state index >= 15 is 0 Å². The number of halogens is 2. The lowest BCUT2D eigenvalue weighted by molar-refractivity contribution is 0.590. The quantitative estimate of drug-likeness (QED) is 0.175. The van der Waals surface area contributed by atoms with Gasteiger partial charge in [-0.05, 0) is 128 Å². The van der Waals surface area contributed by atoms with Gasteiger partial charge in [-0.2, -0.15) is 0 Å². The lowest BCUT2D eigenvalue weighted by atomic mass is 9.79. The highest BCUT2D eigenvalue weighted by atomic mass is 79.9. The van der Waals surface area contributed by atoms with Crippen molar-refractivity contribution in [1.29, 1.82) is 0 Å². The largest absolute Gasteiger partial charge is 0.310 e. The van der Waals surface area contributed by atoms with Crippen LogP contribution in [-0.4, -0.2) is 0 Å². The lowest BCUT2D eigenvalue weighted by Gasteiger charge is -2.30. The van der Waals surface area contributed by atoms with E-state index < -0.39 is 0 Å². The number of fused-ring (bicyclic) bond motifs is 8. The number of rotatable bonds is 3. The van der Waals surface area contributed by atoms with Crippen molar-refractivity contribution in [3.63, 3.8) is 0 Å². The van der Waals surface area contributed by atoms with Crippen LogP contribution in [0.25, 0.3) is 33.0 Å². The fraction of sp³-hybridized carbons (Fsp3) is 0.227. The summed E-state index contributed by atoms with van der Waals surface area (Å²) in [5.74, 6) is 0. The first-order chi connectivity index (χ1) is 22.3. The average Bonchev–Trinajstić information content (AvgIpc) is 3.39. The predicted octanol–water partition coefficient (Wildman–Crippen LogP) is 13.7. The fourth-order valence-corrected chi connectivity index (χ4v) is 8.70. The molecule has 0 aliphatic heterocycles. The molecule has 2 aliphatic carbocycles. The molecule has 6 aromatic rings. The van der Waals surface area contributed by atoms with Crippen molar-refractivity contribution < 1.29 is 0 Å². The summed E-state index contributed by atoms with van der Waals surface area (Å²) >= 11 is 7.42. The number of benzene rings is 6. The molecule has 0 unspecified atom stereocenters. The Kier molecular flexibility index (Phi) is 6.80. The van der Waals surface area contributed by atoms with Gasteiger partial charge >= 0.3 is 0 Å². The van der Waals surface area contributed by atoms with E-state index in [-0.39, 0.29) is 16.2 Å². The molecule has 2 aliphatic rings. The second-order valence-electron chi connectivity index (χ2n) is 15.4. The molecule has 47 heavy (non-hydrogen) atoms. The summed E-state index contributed by atoms with van der Waals surface area (Å²) in [6.07, 6.45) is 0. The van der Waals surface area contributed by atoms with E-state index in [0.717, 1.165) is 20.3 Å². The summed E-state index contributed by atoms with van der Waals surface area (Å²) in [4.78, 5) is 2.44. The Balaban J connectivity index is 1.39. The van der Waals surface area contributed by atoms with E-state index in [4.69, 9.17) is 0 Å². The Morgan fingerprint density at radius 3 is 1.70 bits per heavy atom. The highest BCUT2D eigenvalue weighted by molar-refractivity contribution is 9.10. The molecule has 0 heterocycles. The minimum absolute atomic E-state index is 0.0796. The van der Waals surface area contributed by atoms with Crippen LogP contribution in [0.4, 0.5) is 17.1 Å². The van der Waals surface area contributed by atoms with Gasteiger partial charge in [-0.3, -0.25) is 0 Å². The van der Waals surface area contributed by atoms with Crippen LogP contribution >= 0.6 is 31.9 Å². The fourth-order valence-electron chi connectivity index (χ4n) is 8.07. The van der Waals surface area contributed by atoms with Crippen LogP contribution in [0.1, 0.15) is 76.3 Å². The van der Waals surface area contributed by atoms with E-state index in [9.17, 15) is 0 Å². The zero-order valence-electron chi connectivity index (χ0n) is 28.1. The third-order valence-corrected chi connectivity index (χ3v) is 11.8. The summed E-state index contributed by atoms with van der Waals surface area (Å²) < 4.78 is 2.21. The zero-order chi connectivity index (χ0) is 33.0. The molecular formula is C44H39Br2N. The first-order valence-electron chi connectivity index (χ1n) is 16.5. The maximum Gasteiger partial charge on any atom is 0.0543 e. The van der Waals surface area contributed by atoms with E-state index in [0.29, 0.717) is 0 Å². The highest BCUT2D eigenvalue weighted by Crippen LogP contribution is 2.59. The molecule has 0 bridgehead atoms. The summed E-state index contributed by atoms with van der Waals surface area (Å²) in [6.45, 7) is 16.4. The Hall–Kier alpha value is -3.66. The van der Waals surface area contributed by atoms with Gasteiger partial charge in [-0.15, -0.1) is 0 Å². The normalized spacial score (nSPS) is 15.3. The monoisotopic (exact) mass is 739 g/mol. The van der Waals surface area contributed by atoms with Gasteiger partial charge in [0.25, 0.3) is 0 Å². The van der Waals surface area contributed by atoms with Crippen molar-refractivity contribution in [3.05, 3.63) is 146 Å². The minimum atomic E-state index is -0.178. The van der Waals surface area contributed by atoms with E-state index in [1.54, 1.807) is 0 Å². The molecule has 0 amide bonds. The van der Waals surface area contributed by atoms with Gasteiger partial charge < -0.3 is 4.90 Å². The van der Waals surface area contributed by atoms with E-state index in [1.165, 1.54) is 66.5 Å². The Morgan fingerprint density at radius 2 is 1.04 bits per heavy atom. The van der Waals surface area contributed by atoms with Crippen molar-refractivity contribution in [2.75, 3.05) is 4.90 Å². The number of hydrogen-bond donors (Lipinski definition) is 0. The SMILES string of the molecule is CC(C)(C)c1ccc(N(c2ccc(Br)cc2)c2cc3c(c4ccccc24)-c2cc4c(cc2C3(C)C)-c2ccc(Br)cc2C4(C)C)cc1. The van der Waals surface area contributed by atoms with Crippen molar-refractivity contribution in [3.8, 4) is 22.3 Å². The standard InChI is InChI=1S/C44H39Br2N/c1-42(2,3)26-12-17-29(18-13-26)47(30-19-14-27(45)15-20-30)40-25-39-41(33-11-9-8-10-32(33)40)35-24-37-34(23-38(35)44(39,6)7)31-21-16-28(46)22-36(31)43(37,4)5/h8-25H,1-7H3. The first kappa shape index (κ1) is 30.7. The van der Waals surface area contributed by atoms with Gasteiger partial charge in [0.2, 0.25) is 0 Å². The van der Waals surface area contributed by atoms with Crippen molar-refractivity contribution in [2.24, 2.45) is 0 Å². The van der Waals surface area contributed by atoms with E-state index in [2.05, 4.69) is 194 Å². The van der Waals surface area contributed by atoms with Crippen LogP contribution in [-0.2, 0) is 16.2 Å². The summed E-state index contributed by atoms with van der Waals surface area (Å²) in [7, 11) is 0. The second kappa shape index (κ2) is 10.4. The van der Waals surface area contributed by atoms with Gasteiger partial charge in [-0.1, -0.05) is 123 Å². The molecule has 234 valence electrons. The molecular weight excluding hydrogens is 702 g/mol. The number of anilines is 3. The van der Waals surface area contributed by atoms with Crippen molar-refractivity contribution >= 4 is 59.7 Å². The van der Waals surface area contributed by atoms with Crippen molar-refractivity contribution in [2.45, 2.75) is 64.7 Å². The Morgan fingerprint density at radius 1 is 0.511 bits per heavy atom. The first-order valence-corrected chi connectivity index (χ1v) is 18.1. The molecule has 0 radical (unpaired) electrons. The maximum absolute atomic E-state index is 3.74. The van der Waals surface area contributed by atoms with Gasteiger partial charge in [0.1, 0.15) is 0 Å². The number of nitrogens with zero attached hydrogens (tertiary/aromatic N) is 1. The molecule has 0 spiro atoms. The maximum atomic E-state index is 3.74. The third kappa shape index (κ3) is 4.60. The predicted molar refractivity (Wildman–Crippen MR) is 208 cm³/mol. The van der Waals surface area contributed by atoms with Crippen LogP contribution in [0.3, 0.4) is 0 Å². The molecule has 0 saturated carbocycles. The molecule has 0 fully saturated rings. The van der Waals surface area contributed by atoms with Gasteiger partial charge in [0.05, 0.1) is 5.69 Å². The van der Waals surface area contributed by atoms with Crippen molar-refractivity contribution in [1.82, 2.24) is 0 Å². The molecule has 0 aromatic heterocycles. The molecule has 0 saturated heterocycles. The van der Waals surface area contributed by atoms with E-state index in [1.807, 2.05) is 0 Å². The average molecular weight is 742 g/mol. The Bertz CT molecular complexity index is 2230. The second-order valence-corrected chi connectivity index (χ2v) is 17.2. The molecule has 8 rings (SSSR count). The Labute approximate surface area is 295 Å². The lowest BCUT2D eigenvalue weighted by Crippen LogP contribution is -2.18. The molecule has 0 atom stereocenters. The zero-order valence-corrected chi connectivity index (χ0v) is 31.3. The summed E-state index contributed by atoms with van der Waals surface area (Å²) in [6, 6.07) is 41.2. The molecule has 3 heteroatoms. The minimum Gasteiger partial charge on any atom is -0.310 e. The number of hydrogen-bond acceptors (Lipinski definition) is 1. The highest BCUT2D eigenvalue weighted by Gasteiger charge is 2.43. The van der Waals surface area contributed by atoms with Crippen LogP contribution < -0.4 is 4.90 Å². The third-order valence-electron chi connectivity index (χ3n) is 10.7. The topological polar surface area (TPSA) is 3.24 Å². The van der Waals surface area contributed by atoms with Gasteiger partial charge in [-0.25, -0.2) is 0 Å². The van der Waals surface area contributed by atoms with Crippen LogP contribution in [0.15, 0.2) is 118 Å². The van der Waals surface area contributed by atoms with Crippen LogP contribution in [0.5, 0.6) is 0 Å². The van der Waals surface area contributed by atoms with Crippen LogP contribution in [0, 0.1) is 0 Å². The smallest absolute Gasteiger partial charge is 0.0543 e. The molecule has 1 nitrogen and oxygen atoms in total. The summed E-state index contributed by atoms with van der Waals surface area (Å²) in [5, 5.41) is 2.56. The molecule has 6 aromatic carbocycles. The van der Waals surface area contributed by atoms with Crippen LogP contribution in [0.2, 0.25) is 0 Å². The molecule has 0 N–H and O–H groups in total. The van der Waals surface area contributed by atoms with Gasteiger partial charge in [0.15, 0.2) is 0 Å². The summed E-state index contributed by atoms with van der Waals surface area (Å²) in [5.41, 5.74) is 15.7. The van der Waals surface area contributed by atoms with Gasteiger partial charge in [0, 0.05) is 36.5 Å².